The van der Waals surface area contributed by atoms with Gasteiger partial charge in [-0.15, -0.1) is 11.8 Å². The highest BCUT2D eigenvalue weighted by atomic mass is 32.2. The molecule has 1 saturated heterocycles. The molecule has 1 fully saturated rings. The minimum absolute atomic E-state index is 0.0239. The Morgan fingerprint density at radius 1 is 1.06 bits per heavy atom. The number of carbonyl (C=O) groups excluding carboxylic acids is 1. The van der Waals surface area contributed by atoms with Crippen LogP contribution >= 0.6 is 11.8 Å². The highest BCUT2D eigenvalue weighted by molar-refractivity contribution is 8.02. The lowest BCUT2D eigenvalue weighted by Crippen LogP contribution is -2.51. The highest BCUT2D eigenvalue weighted by Gasteiger charge is 2.35. The van der Waals surface area contributed by atoms with Crippen molar-refractivity contribution < 1.29 is 59.9 Å². The summed E-state index contributed by atoms with van der Waals surface area (Å²) in [7, 11) is -3.80. The molecule has 0 radical (unpaired) electrons. The van der Waals surface area contributed by atoms with E-state index in [1.807, 2.05) is 0 Å². The van der Waals surface area contributed by atoms with Crippen LogP contribution in [-0.2, 0) is 21.5 Å². The molecule has 2 aliphatic heterocycles. The molecule has 2 aliphatic rings. The minimum atomic E-state index is -4.68. The fourth-order valence-electron chi connectivity index (χ4n) is 5.60. The number of anilines is 1. The molecule has 4 aromatic rings. The number of aliphatic hydroxyl groups excluding tert-OH is 1. The van der Waals surface area contributed by atoms with Crippen LogP contribution < -0.4 is 4.90 Å². The molecule has 0 saturated carbocycles. The predicted molar refractivity (Wildman–Crippen MR) is 198 cm³/mol. The topological polar surface area (TPSA) is 56.2 Å². The molecule has 2 atom stereocenters. The smallest absolute Gasteiger partial charge is 0.384 e. The number of thioether (sulfide) groups is 1. The number of ether oxygens (including phenoxy) is 1. The lowest BCUT2D eigenvalue weighted by Gasteiger charge is -2.43. The van der Waals surface area contributed by atoms with Crippen molar-refractivity contribution in [2.24, 2.45) is 0 Å². The summed E-state index contributed by atoms with van der Waals surface area (Å²) in [5.74, 6) is -4.43. The fourth-order valence-corrected chi connectivity index (χ4v) is 6.67. The number of piperidine rings is 1. The number of para-hydroxylation sites is 1. The van der Waals surface area contributed by atoms with Gasteiger partial charge in [-0.1, -0.05) is 66.7 Å². The molecule has 280 valence electrons. The van der Waals surface area contributed by atoms with Crippen molar-refractivity contribution in [2.45, 2.75) is 49.7 Å². The van der Waals surface area contributed by atoms with Crippen molar-refractivity contribution >= 4 is 23.4 Å². The van der Waals surface area contributed by atoms with Crippen molar-refractivity contribution in [1.82, 2.24) is 9.80 Å². The Labute approximate surface area is 334 Å². The van der Waals surface area contributed by atoms with Gasteiger partial charge in [0.25, 0.3) is 0 Å². The maximum atomic E-state index is 15.5. The van der Waals surface area contributed by atoms with E-state index >= 15 is 4.79 Å². The molecule has 1 N–H and O–H groups in total. The summed E-state index contributed by atoms with van der Waals surface area (Å²) in [4.78, 5) is 15.5. The number of carbonyl (C=O) groups is 1. The van der Waals surface area contributed by atoms with E-state index in [9.17, 15) is 35.3 Å². The molecule has 53 heavy (non-hydrogen) atoms. The number of methoxy groups -OCH3 is 1. The largest absolute Gasteiger partial charge is 0.416 e. The number of hydrogen-bond donors (Lipinski definition) is 1. The van der Waals surface area contributed by atoms with Gasteiger partial charge in [0.2, 0.25) is 5.91 Å². The van der Waals surface area contributed by atoms with Crippen LogP contribution in [0.2, 0.25) is 0 Å². The lowest BCUT2D eigenvalue weighted by molar-refractivity contribution is -0.137. The van der Waals surface area contributed by atoms with Gasteiger partial charge in [0.05, 0.1) is 32.8 Å². The van der Waals surface area contributed by atoms with Gasteiger partial charge in [-0.3, -0.25) is 4.79 Å². The number of likely N-dealkylation sites (tertiary alicyclic amines) is 1. The van der Waals surface area contributed by atoms with Crippen molar-refractivity contribution in [3.8, 4) is 11.1 Å². The number of fused-ring (bicyclic) bond motifs is 1. The summed E-state index contributed by atoms with van der Waals surface area (Å²) in [5, 5.41) is 11.1. The summed E-state index contributed by atoms with van der Waals surface area (Å²) in [6, 6.07) is 10.1. The number of hydrogen-bond acceptors (Lipinski definition) is 6. The number of amides is 1. The maximum absolute atomic E-state index is 15.5. The molecule has 12 heteroatoms. The zero-order valence-corrected chi connectivity index (χ0v) is 28.4. The first-order chi connectivity index (χ1) is 31.8. The van der Waals surface area contributed by atoms with Gasteiger partial charge in [-0.25, -0.2) is 8.78 Å². The van der Waals surface area contributed by atoms with Gasteiger partial charge < -0.3 is 24.5 Å². The Morgan fingerprint density at radius 3 is 2.42 bits per heavy atom. The van der Waals surface area contributed by atoms with E-state index < -0.39 is 110 Å². The number of halogens is 5. The summed E-state index contributed by atoms with van der Waals surface area (Å²) in [6.07, 6.45) is -13.9. The zero-order valence-electron chi connectivity index (χ0n) is 44.6. The molecule has 6 nitrogen and oxygen atoms in total. The third-order valence-corrected chi connectivity index (χ3v) is 9.36. The average Bonchev–Trinajstić information content (AvgIpc) is 3.23. The second-order valence-electron chi connectivity index (χ2n) is 11.5. The average molecular weight is 769 g/mol. The van der Waals surface area contributed by atoms with E-state index in [1.54, 1.807) is 0 Å². The van der Waals surface area contributed by atoms with Crippen LogP contribution in [0.5, 0.6) is 0 Å². The van der Waals surface area contributed by atoms with Gasteiger partial charge in [0.15, 0.2) is 11.6 Å². The molecular formula is C41H42F5N3O3S. The minimum Gasteiger partial charge on any atom is -0.384 e. The molecular weight excluding hydrogens is 710 g/mol. The highest BCUT2D eigenvalue weighted by Crippen LogP contribution is 2.41. The van der Waals surface area contributed by atoms with Crippen LogP contribution in [0.1, 0.15) is 77.3 Å². The monoisotopic (exact) mass is 768 g/mol. The van der Waals surface area contributed by atoms with Gasteiger partial charge in [-0.2, -0.15) is 13.2 Å². The summed E-state index contributed by atoms with van der Waals surface area (Å²) in [6.45, 7) is -18.1. The molecule has 1 amide bonds. The molecule has 6 rings (SSSR count). The van der Waals surface area contributed by atoms with E-state index in [-0.39, 0.29) is 43.6 Å². The van der Waals surface area contributed by atoms with Crippen molar-refractivity contribution in [3.63, 3.8) is 0 Å². The van der Waals surface area contributed by atoms with Crippen molar-refractivity contribution in [1.29, 1.82) is 0 Å². The lowest BCUT2D eigenvalue weighted by atomic mass is 9.96. The van der Waals surface area contributed by atoms with Gasteiger partial charge in [0.1, 0.15) is 12.6 Å². The van der Waals surface area contributed by atoms with E-state index in [0.717, 1.165) is 66.1 Å². The standard InChI is InChI=1S/C41H42F5N3O3S/c1-27(28-10-12-29(13-11-28)30-14-16-32(17-15-30)41(44,45)46)49(33-18-20-47(21-19-33)22-23-52-2)38(51)25-48-36-9-4-3-7-34(36)37(50)24-39(48)53-26-31-6-5-8-35(42)40(31)43/h3-17,24,27,33,37,50H,18-23,25-26H2,1-2H3/i2D3,18D2,19D2,20D2,21D2,22D2,23D2,27D,33D. The predicted octanol–water partition coefficient (Wildman–Crippen LogP) is 8.98. The van der Waals surface area contributed by atoms with Crippen LogP contribution in [0, 0.1) is 11.6 Å². The SMILES string of the molecule is [2H]C([2H])([2H])OC([2H])([2H])C([2H])([2H])N1C([2H])([2H])C([2H])([2H])C([2H])(N(C(=O)CN2C(SCc3cccc(F)c3F)=CC(O)c3ccccc32)C([2H])(C)c2ccc(-c3ccc(C(F)(F)F)cc3)cc2)C([2H])([2H])C1([2H])[2H]. The zero-order chi connectivity index (χ0) is 52.8. The van der Waals surface area contributed by atoms with Crippen LogP contribution in [0.15, 0.2) is 102 Å². The summed E-state index contributed by atoms with van der Waals surface area (Å²) in [5.41, 5.74) is -1.02. The van der Waals surface area contributed by atoms with E-state index in [2.05, 4.69) is 4.74 Å². The number of alkyl halides is 3. The Kier molecular flexibility index (Phi) is 7.06. The first-order valence-corrected chi connectivity index (χ1v) is 16.7. The molecule has 2 heterocycles. The van der Waals surface area contributed by atoms with Crippen molar-refractivity contribution in [2.75, 3.05) is 44.5 Å². The Bertz CT molecular complexity index is 2630. The van der Waals surface area contributed by atoms with E-state index in [0.29, 0.717) is 0 Å². The van der Waals surface area contributed by atoms with E-state index in [4.69, 9.17) is 15.1 Å². The second kappa shape index (κ2) is 16.8. The van der Waals surface area contributed by atoms with Crippen LogP contribution in [0.25, 0.3) is 11.1 Å². The van der Waals surface area contributed by atoms with Crippen LogP contribution in [0.4, 0.5) is 27.6 Å². The summed E-state index contributed by atoms with van der Waals surface area (Å²) < 4.78 is 222. The third-order valence-electron chi connectivity index (χ3n) is 8.25. The first-order valence-electron chi connectivity index (χ1n) is 24.2. The van der Waals surface area contributed by atoms with Gasteiger partial charge in [-0.05, 0) is 66.7 Å². The first kappa shape index (κ1) is 22.2. The van der Waals surface area contributed by atoms with Crippen molar-refractivity contribution in [3.05, 3.63) is 136 Å². The Morgan fingerprint density at radius 2 is 1.74 bits per heavy atom. The molecule has 4 aromatic carbocycles. The number of rotatable bonds is 12. The van der Waals surface area contributed by atoms with Crippen LogP contribution in [-0.4, -0.2) is 66.5 Å². The number of benzene rings is 4. The van der Waals surface area contributed by atoms with E-state index in [1.165, 1.54) is 54.6 Å². The molecule has 0 aromatic heterocycles. The molecule has 2 unspecified atom stereocenters. The normalized spacial score (nSPS) is 27.8. The Balaban J connectivity index is 1.56. The number of nitrogens with zero attached hydrogens (tertiary/aromatic N) is 3. The molecule has 0 aliphatic carbocycles. The van der Waals surface area contributed by atoms with Gasteiger partial charge in [0, 0.05) is 68.8 Å². The second-order valence-corrected chi connectivity index (χ2v) is 12.5. The third kappa shape index (κ3) is 8.95. The quantitative estimate of drug-likeness (QED) is 0.145. The molecule has 0 bridgehead atoms. The van der Waals surface area contributed by atoms with Crippen LogP contribution in [0.3, 0.4) is 0 Å². The number of aliphatic hydroxyl groups is 1. The Hall–Kier alpha value is -4.23. The van der Waals surface area contributed by atoms with Gasteiger partial charge >= 0.3 is 6.18 Å². The summed E-state index contributed by atoms with van der Waals surface area (Å²) >= 11 is 0.740. The fraction of sp³-hybridized carbons (Fsp3) is 0.341. The maximum Gasteiger partial charge on any atom is 0.416 e. The molecule has 0 spiro atoms.